The lowest BCUT2D eigenvalue weighted by Gasteiger charge is -2.07. The summed E-state index contributed by atoms with van der Waals surface area (Å²) in [6, 6.07) is 10.4. The first-order chi connectivity index (χ1) is 9.60. The molecule has 0 aliphatic heterocycles. The van der Waals surface area contributed by atoms with Gasteiger partial charge in [0.2, 0.25) is 5.56 Å². The van der Waals surface area contributed by atoms with Gasteiger partial charge in [0.1, 0.15) is 5.75 Å². The molecule has 1 aromatic heterocycles. The third-order valence-corrected chi connectivity index (χ3v) is 2.96. The van der Waals surface area contributed by atoms with E-state index in [1.165, 1.54) is 22.9 Å². The van der Waals surface area contributed by atoms with Crippen molar-refractivity contribution in [3.05, 3.63) is 64.1 Å². The van der Waals surface area contributed by atoms with Crippen molar-refractivity contribution in [2.24, 2.45) is 7.05 Å². The lowest BCUT2D eigenvalue weighted by Crippen LogP contribution is -2.25. The second kappa shape index (κ2) is 6.06. The van der Waals surface area contributed by atoms with E-state index in [9.17, 15) is 9.59 Å². The van der Waals surface area contributed by atoms with Crippen molar-refractivity contribution in [3.8, 4) is 5.75 Å². The first-order valence-electron chi connectivity index (χ1n) is 6.18. The second-order valence-electron chi connectivity index (χ2n) is 4.40. The van der Waals surface area contributed by atoms with Crippen LogP contribution < -0.4 is 15.6 Å². The maximum Gasteiger partial charge on any atom is 0.253 e. The standard InChI is InChI=1S/C15H16N2O3/c1-17-10-12(5-8-14(17)18)15(19)16-9-11-3-6-13(20-2)7-4-11/h3-8,10H,9H2,1-2H3,(H,16,19). The monoisotopic (exact) mass is 272 g/mol. The second-order valence-corrected chi connectivity index (χ2v) is 4.40. The van der Waals surface area contributed by atoms with E-state index in [4.69, 9.17) is 4.74 Å². The number of nitrogens with zero attached hydrogens (tertiary/aromatic N) is 1. The minimum Gasteiger partial charge on any atom is -0.497 e. The molecule has 0 fully saturated rings. The molecule has 0 saturated carbocycles. The fourth-order valence-corrected chi connectivity index (χ4v) is 1.76. The molecule has 104 valence electrons. The zero-order chi connectivity index (χ0) is 14.5. The highest BCUT2D eigenvalue weighted by Crippen LogP contribution is 2.11. The third-order valence-electron chi connectivity index (χ3n) is 2.96. The number of nitrogens with one attached hydrogen (secondary N) is 1. The summed E-state index contributed by atoms with van der Waals surface area (Å²) in [6.45, 7) is 0.422. The molecule has 1 heterocycles. The van der Waals surface area contributed by atoms with Crippen LogP contribution in [0.3, 0.4) is 0 Å². The number of amides is 1. The van der Waals surface area contributed by atoms with Gasteiger partial charge >= 0.3 is 0 Å². The predicted octanol–water partition coefficient (Wildman–Crippen LogP) is 1.32. The molecule has 1 amide bonds. The molecule has 0 atom stereocenters. The number of pyridine rings is 1. The molecule has 20 heavy (non-hydrogen) atoms. The number of aryl methyl sites for hydroxylation is 1. The van der Waals surface area contributed by atoms with Crippen molar-refractivity contribution in [3.63, 3.8) is 0 Å². The van der Waals surface area contributed by atoms with Crippen LogP contribution in [0.1, 0.15) is 15.9 Å². The predicted molar refractivity (Wildman–Crippen MR) is 75.8 cm³/mol. The summed E-state index contributed by atoms with van der Waals surface area (Å²) in [5.41, 5.74) is 1.29. The molecule has 0 saturated heterocycles. The fourth-order valence-electron chi connectivity index (χ4n) is 1.76. The molecule has 1 N–H and O–H groups in total. The van der Waals surface area contributed by atoms with E-state index in [0.29, 0.717) is 12.1 Å². The van der Waals surface area contributed by atoms with Crippen LogP contribution in [0.2, 0.25) is 0 Å². The third kappa shape index (κ3) is 3.26. The van der Waals surface area contributed by atoms with Gasteiger partial charge in [0.15, 0.2) is 0 Å². The molecule has 0 bridgehead atoms. The number of carbonyl (C=O) groups excluding carboxylic acids is 1. The van der Waals surface area contributed by atoms with Gasteiger partial charge in [0.25, 0.3) is 5.91 Å². The van der Waals surface area contributed by atoms with Gasteiger partial charge in [-0.1, -0.05) is 12.1 Å². The molecule has 0 spiro atoms. The Labute approximate surface area is 116 Å². The summed E-state index contributed by atoms with van der Waals surface area (Å²) < 4.78 is 6.45. The zero-order valence-electron chi connectivity index (χ0n) is 11.4. The van der Waals surface area contributed by atoms with Crippen molar-refractivity contribution in [2.75, 3.05) is 7.11 Å². The van der Waals surface area contributed by atoms with Crippen molar-refractivity contribution in [2.45, 2.75) is 6.54 Å². The van der Waals surface area contributed by atoms with Gasteiger partial charge in [-0.2, -0.15) is 0 Å². The Morgan fingerprint density at radius 3 is 2.50 bits per heavy atom. The summed E-state index contributed by atoms with van der Waals surface area (Å²) in [6.07, 6.45) is 1.52. The van der Waals surface area contributed by atoms with Crippen molar-refractivity contribution < 1.29 is 9.53 Å². The summed E-state index contributed by atoms with van der Waals surface area (Å²) in [4.78, 5) is 23.2. The lowest BCUT2D eigenvalue weighted by atomic mass is 10.2. The van der Waals surface area contributed by atoms with Crippen molar-refractivity contribution in [1.82, 2.24) is 9.88 Å². The summed E-state index contributed by atoms with van der Waals surface area (Å²) >= 11 is 0. The largest absolute Gasteiger partial charge is 0.497 e. The highest BCUT2D eigenvalue weighted by molar-refractivity contribution is 5.93. The number of methoxy groups -OCH3 is 1. The van der Waals surface area contributed by atoms with Crippen LogP contribution in [0.15, 0.2) is 47.4 Å². The van der Waals surface area contributed by atoms with Crippen LogP contribution in [0.25, 0.3) is 0 Å². The molecule has 0 unspecified atom stereocenters. The van der Waals surface area contributed by atoms with E-state index in [-0.39, 0.29) is 11.5 Å². The molecule has 5 nitrogen and oxygen atoms in total. The Kier molecular flexibility index (Phi) is 4.20. The van der Waals surface area contributed by atoms with Crippen LogP contribution in [0.4, 0.5) is 0 Å². The first kappa shape index (κ1) is 13.9. The number of ether oxygens (including phenoxy) is 1. The van der Waals surface area contributed by atoms with Crippen LogP contribution in [-0.2, 0) is 13.6 Å². The van der Waals surface area contributed by atoms with E-state index in [1.807, 2.05) is 24.3 Å². The molecule has 2 rings (SSSR count). The summed E-state index contributed by atoms with van der Waals surface area (Å²) in [5, 5.41) is 2.80. The zero-order valence-corrected chi connectivity index (χ0v) is 11.4. The highest BCUT2D eigenvalue weighted by atomic mass is 16.5. The molecule has 0 radical (unpaired) electrons. The number of hydrogen-bond donors (Lipinski definition) is 1. The van der Waals surface area contributed by atoms with Crippen molar-refractivity contribution in [1.29, 1.82) is 0 Å². The van der Waals surface area contributed by atoms with Crippen LogP contribution in [-0.4, -0.2) is 17.6 Å². The Bertz CT molecular complexity index is 660. The molecule has 2 aromatic rings. The van der Waals surface area contributed by atoms with Gasteiger partial charge < -0.3 is 14.6 Å². The van der Waals surface area contributed by atoms with E-state index >= 15 is 0 Å². The Morgan fingerprint density at radius 2 is 1.90 bits per heavy atom. The molecule has 1 aromatic carbocycles. The van der Waals surface area contributed by atoms with Crippen molar-refractivity contribution >= 4 is 5.91 Å². The summed E-state index contributed by atoms with van der Waals surface area (Å²) in [7, 11) is 3.22. The average Bonchev–Trinajstić information content (AvgIpc) is 2.48. The normalized spacial score (nSPS) is 10.1. The van der Waals surface area contributed by atoms with E-state index < -0.39 is 0 Å². The smallest absolute Gasteiger partial charge is 0.253 e. The molecule has 5 heteroatoms. The van der Waals surface area contributed by atoms with Crippen LogP contribution >= 0.6 is 0 Å². The van der Waals surface area contributed by atoms with Crippen LogP contribution in [0, 0.1) is 0 Å². The maximum atomic E-state index is 12.0. The lowest BCUT2D eigenvalue weighted by molar-refractivity contribution is 0.0950. The number of hydrogen-bond acceptors (Lipinski definition) is 3. The number of benzene rings is 1. The van der Waals surface area contributed by atoms with Gasteiger partial charge in [0, 0.05) is 25.9 Å². The minimum absolute atomic E-state index is 0.142. The maximum absolute atomic E-state index is 12.0. The Morgan fingerprint density at radius 1 is 1.20 bits per heavy atom. The SMILES string of the molecule is COc1ccc(CNC(=O)c2ccc(=O)n(C)c2)cc1. The van der Waals surface area contributed by atoms with Gasteiger partial charge in [-0.05, 0) is 23.8 Å². The summed E-state index contributed by atoms with van der Waals surface area (Å²) in [5.74, 6) is 0.564. The first-order valence-corrected chi connectivity index (χ1v) is 6.18. The highest BCUT2D eigenvalue weighted by Gasteiger charge is 2.06. The number of carbonyl (C=O) groups is 1. The quantitative estimate of drug-likeness (QED) is 0.913. The number of rotatable bonds is 4. The van der Waals surface area contributed by atoms with E-state index in [1.54, 1.807) is 14.2 Å². The topological polar surface area (TPSA) is 60.3 Å². The van der Waals surface area contributed by atoms with E-state index in [0.717, 1.165) is 11.3 Å². The molecule has 0 aliphatic carbocycles. The molecule has 0 aliphatic rings. The minimum atomic E-state index is -0.212. The average molecular weight is 272 g/mol. The molecular weight excluding hydrogens is 256 g/mol. The fraction of sp³-hybridized carbons (Fsp3) is 0.200. The number of aromatic nitrogens is 1. The Balaban J connectivity index is 2.00. The van der Waals surface area contributed by atoms with Gasteiger partial charge in [-0.15, -0.1) is 0 Å². The van der Waals surface area contributed by atoms with Gasteiger partial charge in [-0.25, -0.2) is 0 Å². The molecular formula is C15H16N2O3. The Hall–Kier alpha value is -2.56. The van der Waals surface area contributed by atoms with Gasteiger partial charge in [0.05, 0.1) is 12.7 Å². The van der Waals surface area contributed by atoms with Gasteiger partial charge in [-0.3, -0.25) is 9.59 Å². The van der Waals surface area contributed by atoms with Crippen LogP contribution in [0.5, 0.6) is 5.75 Å². The van der Waals surface area contributed by atoms with E-state index in [2.05, 4.69) is 5.32 Å².